The second kappa shape index (κ2) is 15.6. The molecule has 2 aliphatic rings. The Morgan fingerprint density at radius 2 is 1.40 bits per heavy atom. The second-order valence-corrected chi connectivity index (χ2v) is 14.4. The zero-order chi connectivity index (χ0) is 34.2. The number of carbonyl (C=O) groups excluding carboxylic acids is 4. The Labute approximate surface area is 278 Å². The van der Waals surface area contributed by atoms with Crippen LogP contribution in [0.4, 0.5) is 9.59 Å². The van der Waals surface area contributed by atoms with Crippen molar-refractivity contribution in [2.24, 2.45) is 0 Å². The Kier molecular flexibility index (Phi) is 11.9. The SMILES string of the molecule is CC(C)(C)OC(=O)NCC(=O)NC1C[C@@H](C(=O)N2CCN(Cc3ccccc3)C[C@H]2CCc2ccccc2)N(C(=O)OC(C)(C)C)C1. The summed E-state index contributed by atoms with van der Waals surface area (Å²) in [6.45, 7) is 13.1. The van der Waals surface area contributed by atoms with Gasteiger partial charge >= 0.3 is 12.2 Å². The lowest BCUT2D eigenvalue weighted by molar-refractivity contribution is -0.141. The highest BCUT2D eigenvalue weighted by atomic mass is 16.6. The molecule has 2 saturated heterocycles. The quantitative estimate of drug-likeness (QED) is 0.415. The minimum atomic E-state index is -0.797. The number of amides is 4. The van der Waals surface area contributed by atoms with E-state index in [9.17, 15) is 19.2 Å². The molecule has 4 rings (SSSR count). The van der Waals surface area contributed by atoms with Gasteiger partial charge in [-0.3, -0.25) is 19.4 Å². The van der Waals surface area contributed by atoms with Gasteiger partial charge in [0, 0.05) is 44.8 Å². The molecule has 11 nitrogen and oxygen atoms in total. The molecule has 256 valence electrons. The Balaban J connectivity index is 1.48. The molecule has 1 unspecified atom stereocenters. The third kappa shape index (κ3) is 11.3. The third-order valence-corrected chi connectivity index (χ3v) is 8.08. The largest absolute Gasteiger partial charge is 0.444 e. The van der Waals surface area contributed by atoms with Gasteiger partial charge < -0.3 is 25.0 Å². The molecule has 47 heavy (non-hydrogen) atoms. The number of likely N-dealkylation sites (tertiary alicyclic amines) is 1. The van der Waals surface area contributed by atoms with E-state index in [0.717, 1.165) is 19.4 Å². The third-order valence-electron chi connectivity index (χ3n) is 8.08. The van der Waals surface area contributed by atoms with Gasteiger partial charge in [0.2, 0.25) is 11.8 Å². The summed E-state index contributed by atoms with van der Waals surface area (Å²) in [7, 11) is 0. The highest BCUT2D eigenvalue weighted by Crippen LogP contribution is 2.27. The van der Waals surface area contributed by atoms with E-state index in [1.54, 1.807) is 41.5 Å². The predicted octanol–water partition coefficient (Wildman–Crippen LogP) is 4.35. The van der Waals surface area contributed by atoms with Crippen LogP contribution in [0.2, 0.25) is 0 Å². The first-order chi connectivity index (χ1) is 22.2. The fourth-order valence-electron chi connectivity index (χ4n) is 6.05. The van der Waals surface area contributed by atoms with E-state index in [0.29, 0.717) is 19.6 Å². The molecule has 0 spiro atoms. The average Bonchev–Trinajstić information content (AvgIpc) is 3.42. The monoisotopic (exact) mass is 649 g/mol. The molecule has 2 N–H and O–H groups in total. The normalized spacial score (nSPS) is 20.4. The number of hydrogen-bond acceptors (Lipinski definition) is 7. The lowest BCUT2D eigenvalue weighted by Crippen LogP contribution is -2.59. The van der Waals surface area contributed by atoms with Crippen molar-refractivity contribution in [3.05, 3.63) is 71.8 Å². The topological polar surface area (TPSA) is 121 Å². The van der Waals surface area contributed by atoms with Gasteiger partial charge in [0.1, 0.15) is 23.8 Å². The summed E-state index contributed by atoms with van der Waals surface area (Å²) in [5.74, 6) is -0.578. The Hall–Kier alpha value is -4.12. The van der Waals surface area contributed by atoms with Gasteiger partial charge in [-0.15, -0.1) is 0 Å². The molecular formula is C36H51N5O6. The number of aryl methyl sites for hydroxylation is 1. The van der Waals surface area contributed by atoms with Crippen LogP contribution in [0, 0.1) is 0 Å². The van der Waals surface area contributed by atoms with Crippen molar-refractivity contribution in [1.29, 1.82) is 0 Å². The lowest BCUT2D eigenvalue weighted by atomic mass is 10.00. The number of alkyl carbamates (subject to hydrolysis) is 1. The van der Waals surface area contributed by atoms with Gasteiger partial charge in [-0.1, -0.05) is 60.7 Å². The average molecular weight is 650 g/mol. The van der Waals surface area contributed by atoms with Crippen LogP contribution >= 0.6 is 0 Å². The van der Waals surface area contributed by atoms with Crippen molar-refractivity contribution < 1.29 is 28.7 Å². The number of hydrogen-bond donors (Lipinski definition) is 2. The number of rotatable bonds is 9. The molecule has 2 heterocycles. The van der Waals surface area contributed by atoms with Crippen LogP contribution in [0.3, 0.4) is 0 Å². The Morgan fingerprint density at radius 3 is 2.02 bits per heavy atom. The van der Waals surface area contributed by atoms with E-state index in [1.807, 2.05) is 41.3 Å². The summed E-state index contributed by atoms with van der Waals surface area (Å²) in [6.07, 6.45) is 0.541. The van der Waals surface area contributed by atoms with Crippen LogP contribution in [0.1, 0.15) is 65.5 Å². The van der Waals surface area contributed by atoms with Gasteiger partial charge in [0.15, 0.2) is 0 Å². The molecule has 0 saturated carbocycles. The molecule has 2 aromatic rings. The summed E-state index contributed by atoms with van der Waals surface area (Å²) in [6, 6.07) is 19.2. The van der Waals surface area contributed by atoms with Crippen LogP contribution in [0.15, 0.2) is 60.7 Å². The fourth-order valence-corrected chi connectivity index (χ4v) is 6.05. The number of nitrogens with one attached hydrogen (secondary N) is 2. The van der Waals surface area contributed by atoms with Crippen LogP contribution in [-0.2, 0) is 32.0 Å². The molecule has 11 heteroatoms. The second-order valence-electron chi connectivity index (χ2n) is 14.4. The van der Waals surface area contributed by atoms with E-state index >= 15 is 0 Å². The van der Waals surface area contributed by atoms with Crippen LogP contribution in [0.5, 0.6) is 0 Å². The molecule has 2 aliphatic heterocycles. The van der Waals surface area contributed by atoms with Crippen molar-refractivity contribution >= 4 is 24.0 Å². The molecule has 4 amide bonds. The molecule has 0 radical (unpaired) electrons. The highest BCUT2D eigenvalue weighted by molar-refractivity contribution is 5.88. The van der Waals surface area contributed by atoms with Gasteiger partial charge in [-0.25, -0.2) is 9.59 Å². The number of ether oxygens (including phenoxy) is 2. The Bertz CT molecular complexity index is 1360. The van der Waals surface area contributed by atoms with E-state index in [4.69, 9.17) is 9.47 Å². The summed E-state index contributed by atoms with van der Waals surface area (Å²) in [5, 5.41) is 5.35. The van der Waals surface area contributed by atoms with Gasteiger partial charge in [0.25, 0.3) is 0 Å². The molecule has 0 aliphatic carbocycles. The van der Waals surface area contributed by atoms with E-state index in [2.05, 4.69) is 39.8 Å². The summed E-state index contributed by atoms with van der Waals surface area (Å²) < 4.78 is 10.9. The lowest BCUT2D eigenvalue weighted by Gasteiger charge is -2.43. The van der Waals surface area contributed by atoms with Crippen molar-refractivity contribution in [1.82, 2.24) is 25.3 Å². The highest BCUT2D eigenvalue weighted by Gasteiger charge is 2.45. The van der Waals surface area contributed by atoms with Crippen LogP contribution < -0.4 is 10.6 Å². The smallest absolute Gasteiger partial charge is 0.411 e. The maximum Gasteiger partial charge on any atom is 0.411 e. The van der Waals surface area contributed by atoms with Crippen LogP contribution in [0.25, 0.3) is 0 Å². The maximum atomic E-state index is 14.4. The summed E-state index contributed by atoms with van der Waals surface area (Å²) in [5.41, 5.74) is 0.976. The van der Waals surface area contributed by atoms with Gasteiger partial charge in [-0.05, 0) is 71.9 Å². The number of piperazine rings is 1. The Morgan fingerprint density at radius 1 is 0.787 bits per heavy atom. The molecular weight excluding hydrogens is 598 g/mol. The van der Waals surface area contributed by atoms with E-state index in [1.165, 1.54) is 16.0 Å². The zero-order valence-corrected chi connectivity index (χ0v) is 28.7. The van der Waals surface area contributed by atoms with Crippen molar-refractivity contribution in [2.75, 3.05) is 32.7 Å². The molecule has 3 atom stereocenters. The fraction of sp³-hybridized carbons (Fsp3) is 0.556. The maximum absolute atomic E-state index is 14.4. The first-order valence-electron chi connectivity index (χ1n) is 16.5. The van der Waals surface area contributed by atoms with Crippen molar-refractivity contribution in [3.8, 4) is 0 Å². The zero-order valence-electron chi connectivity index (χ0n) is 28.7. The summed E-state index contributed by atoms with van der Waals surface area (Å²) >= 11 is 0. The van der Waals surface area contributed by atoms with E-state index in [-0.39, 0.29) is 31.5 Å². The summed E-state index contributed by atoms with van der Waals surface area (Å²) in [4.78, 5) is 58.5. The van der Waals surface area contributed by atoms with Crippen molar-refractivity contribution in [2.45, 2.75) is 96.7 Å². The van der Waals surface area contributed by atoms with Crippen LogP contribution in [-0.4, -0.2) is 101 Å². The molecule has 2 aromatic carbocycles. The van der Waals surface area contributed by atoms with Gasteiger partial charge in [-0.2, -0.15) is 0 Å². The standard InChI is InChI=1S/C36H51N5O6/c1-35(2,3)46-33(44)37-22-31(42)38-28-21-30(41(24-28)34(45)47-36(4,5)6)32(43)40-20-19-39(23-27-15-11-8-12-16-27)25-29(40)18-17-26-13-9-7-10-14-26/h7-16,28-30H,17-25H2,1-6H3,(H,37,44)(H,38,42)/t28?,29-,30+/m1/s1. The number of nitrogens with zero attached hydrogens (tertiary/aromatic N) is 3. The van der Waals surface area contributed by atoms with Crippen molar-refractivity contribution in [3.63, 3.8) is 0 Å². The minimum Gasteiger partial charge on any atom is -0.444 e. The first-order valence-corrected chi connectivity index (χ1v) is 16.5. The number of carbonyl (C=O) groups is 4. The predicted molar refractivity (Wildman–Crippen MR) is 179 cm³/mol. The molecule has 2 fully saturated rings. The van der Waals surface area contributed by atoms with Gasteiger partial charge in [0.05, 0.1) is 0 Å². The number of benzene rings is 2. The molecule has 0 aromatic heterocycles. The van der Waals surface area contributed by atoms with E-state index < -0.39 is 41.4 Å². The molecule has 0 bridgehead atoms. The minimum absolute atomic E-state index is 0.0627. The first kappa shape index (κ1) is 35.7.